The monoisotopic (exact) mass is 190 g/mol. The van der Waals surface area contributed by atoms with Crippen molar-refractivity contribution in [1.82, 2.24) is 9.97 Å². The van der Waals surface area contributed by atoms with Gasteiger partial charge in [-0.3, -0.25) is 0 Å². The zero-order valence-corrected chi connectivity index (χ0v) is 8.56. The first-order chi connectivity index (χ1) is 6.77. The number of aryl methyl sites for hydroxylation is 1. The highest BCUT2D eigenvalue weighted by Crippen LogP contribution is 2.06. The number of aromatic nitrogens is 2. The smallest absolute Gasteiger partial charge is 0.225 e. The Kier molecular flexibility index (Phi) is 3.86. The first kappa shape index (κ1) is 10.5. The van der Waals surface area contributed by atoms with Crippen LogP contribution in [0.1, 0.15) is 18.9 Å². The van der Waals surface area contributed by atoms with E-state index in [0.717, 1.165) is 12.1 Å². The third kappa shape index (κ3) is 2.70. The molecule has 0 amide bonds. The summed E-state index contributed by atoms with van der Waals surface area (Å²) in [4.78, 5) is 10.4. The van der Waals surface area contributed by atoms with Crippen molar-refractivity contribution in [2.24, 2.45) is 0 Å². The molecule has 4 nitrogen and oxygen atoms in total. The van der Waals surface area contributed by atoms with Crippen LogP contribution in [0, 0.1) is 18.3 Å². The molecule has 0 atom stereocenters. The second-order valence-corrected chi connectivity index (χ2v) is 3.05. The van der Waals surface area contributed by atoms with Crippen LogP contribution >= 0.6 is 0 Å². The van der Waals surface area contributed by atoms with Gasteiger partial charge in [-0.15, -0.1) is 0 Å². The van der Waals surface area contributed by atoms with Crippen molar-refractivity contribution in [2.75, 3.05) is 18.0 Å². The van der Waals surface area contributed by atoms with Crippen LogP contribution in [0.5, 0.6) is 0 Å². The Hall–Kier alpha value is -1.63. The molecule has 1 heterocycles. The van der Waals surface area contributed by atoms with Crippen LogP contribution in [-0.2, 0) is 0 Å². The largest absolute Gasteiger partial charge is 0.340 e. The van der Waals surface area contributed by atoms with Crippen LogP contribution in [0.2, 0.25) is 0 Å². The van der Waals surface area contributed by atoms with E-state index in [2.05, 4.69) is 16.0 Å². The summed E-state index contributed by atoms with van der Waals surface area (Å²) < 4.78 is 0. The molecule has 0 aliphatic rings. The van der Waals surface area contributed by atoms with Gasteiger partial charge in [0.2, 0.25) is 5.95 Å². The van der Waals surface area contributed by atoms with Gasteiger partial charge in [-0.1, -0.05) is 0 Å². The summed E-state index contributed by atoms with van der Waals surface area (Å²) in [6, 6.07) is 2.12. The van der Waals surface area contributed by atoms with E-state index in [9.17, 15) is 0 Å². The number of hydrogen-bond acceptors (Lipinski definition) is 4. The Morgan fingerprint density at radius 2 is 2.07 bits per heavy atom. The molecule has 0 saturated heterocycles. The maximum absolute atomic E-state index is 8.48. The molecule has 0 radical (unpaired) electrons. The van der Waals surface area contributed by atoms with Crippen LogP contribution < -0.4 is 4.90 Å². The lowest BCUT2D eigenvalue weighted by Gasteiger charge is -2.18. The van der Waals surface area contributed by atoms with Crippen molar-refractivity contribution >= 4 is 5.95 Å². The lowest BCUT2D eigenvalue weighted by molar-refractivity contribution is 0.789. The first-order valence-electron chi connectivity index (χ1n) is 4.68. The fraction of sp³-hybridized carbons (Fsp3) is 0.500. The number of nitrogens with zero attached hydrogens (tertiary/aromatic N) is 4. The summed E-state index contributed by atoms with van der Waals surface area (Å²) in [5.74, 6) is 0.702. The molecular weight excluding hydrogens is 176 g/mol. The highest BCUT2D eigenvalue weighted by molar-refractivity contribution is 5.29. The molecule has 4 heteroatoms. The molecule has 0 spiro atoms. The van der Waals surface area contributed by atoms with Gasteiger partial charge in [-0.2, -0.15) is 5.26 Å². The Morgan fingerprint density at radius 1 is 1.43 bits per heavy atom. The Balaban J connectivity index is 2.69. The quantitative estimate of drug-likeness (QED) is 0.722. The number of nitriles is 1. The molecule has 1 rings (SSSR count). The maximum atomic E-state index is 8.48. The van der Waals surface area contributed by atoms with E-state index in [-0.39, 0.29) is 0 Å². The predicted octanol–water partition coefficient (Wildman–Crippen LogP) is 1.52. The van der Waals surface area contributed by atoms with Crippen molar-refractivity contribution in [3.8, 4) is 6.07 Å². The van der Waals surface area contributed by atoms with Crippen molar-refractivity contribution < 1.29 is 0 Å². The van der Waals surface area contributed by atoms with Gasteiger partial charge in [0, 0.05) is 25.5 Å². The lowest BCUT2D eigenvalue weighted by atomic mass is 10.4. The molecule has 1 aromatic rings. The Morgan fingerprint density at radius 3 is 2.57 bits per heavy atom. The third-order valence-corrected chi connectivity index (χ3v) is 1.93. The van der Waals surface area contributed by atoms with Gasteiger partial charge in [0.15, 0.2) is 0 Å². The summed E-state index contributed by atoms with van der Waals surface area (Å²) >= 11 is 0. The lowest BCUT2D eigenvalue weighted by Crippen LogP contribution is -2.25. The summed E-state index contributed by atoms with van der Waals surface area (Å²) in [5, 5.41) is 8.48. The van der Waals surface area contributed by atoms with Crippen LogP contribution in [-0.4, -0.2) is 23.1 Å². The molecule has 0 aliphatic carbocycles. The molecule has 0 saturated carbocycles. The minimum Gasteiger partial charge on any atom is -0.340 e. The maximum Gasteiger partial charge on any atom is 0.225 e. The van der Waals surface area contributed by atoms with Crippen molar-refractivity contribution in [2.45, 2.75) is 20.3 Å². The molecule has 1 aromatic heterocycles. The first-order valence-corrected chi connectivity index (χ1v) is 4.68. The number of rotatable bonds is 4. The van der Waals surface area contributed by atoms with Gasteiger partial charge in [-0.25, -0.2) is 9.97 Å². The topological polar surface area (TPSA) is 52.8 Å². The molecule has 14 heavy (non-hydrogen) atoms. The average Bonchev–Trinajstić information content (AvgIpc) is 2.21. The molecule has 0 unspecified atom stereocenters. The second-order valence-electron chi connectivity index (χ2n) is 3.05. The highest BCUT2D eigenvalue weighted by Gasteiger charge is 2.05. The van der Waals surface area contributed by atoms with E-state index in [0.29, 0.717) is 18.9 Å². The second kappa shape index (κ2) is 5.18. The normalized spacial score (nSPS) is 9.50. The van der Waals surface area contributed by atoms with Crippen molar-refractivity contribution in [1.29, 1.82) is 5.26 Å². The average molecular weight is 190 g/mol. The van der Waals surface area contributed by atoms with Gasteiger partial charge in [0.05, 0.1) is 12.5 Å². The van der Waals surface area contributed by atoms with Crippen molar-refractivity contribution in [3.05, 3.63) is 18.0 Å². The third-order valence-electron chi connectivity index (χ3n) is 1.93. The van der Waals surface area contributed by atoms with E-state index in [1.54, 1.807) is 12.4 Å². The standard InChI is InChI=1S/C10H14N4/c1-3-14(6-4-5-11)10-12-7-9(2)8-13-10/h7-8H,3-4,6H2,1-2H3. The summed E-state index contributed by atoms with van der Waals surface area (Å²) in [5.41, 5.74) is 1.05. The number of hydrogen-bond donors (Lipinski definition) is 0. The van der Waals surface area contributed by atoms with E-state index in [4.69, 9.17) is 5.26 Å². The molecule has 0 N–H and O–H groups in total. The fourth-order valence-corrected chi connectivity index (χ4v) is 1.13. The van der Waals surface area contributed by atoms with E-state index < -0.39 is 0 Å². The molecule has 0 fully saturated rings. The Labute approximate surface area is 84.2 Å². The molecule has 0 aromatic carbocycles. The van der Waals surface area contributed by atoms with Gasteiger partial charge in [0.1, 0.15) is 0 Å². The fourth-order valence-electron chi connectivity index (χ4n) is 1.13. The number of anilines is 1. The van der Waals surface area contributed by atoms with Crippen LogP contribution in [0.15, 0.2) is 12.4 Å². The summed E-state index contributed by atoms with van der Waals surface area (Å²) in [6.45, 7) is 5.50. The molecule has 0 aliphatic heterocycles. The molecular formula is C10H14N4. The zero-order chi connectivity index (χ0) is 10.4. The SMILES string of the molecule is CCN(CCC#N)c1ncc(C)cn1. The van der Waals surface area contributed by atoms with Crippen LogP contribution in [0.3, 0.4) is 0 Å². The molecule has 74 valence electrons. The van der Waals surface area contributed by atoms with Gasteiger partial charge >= 0.3 is 0 Å². The highest BCUT2D eigenvalue weighted by atomic mass is 15.2. The van der Waals surface area contributed by atoms with Crippen LogP contribution in [0.25, 0.3) is 0 Å². The van der Waals surface area contributed by atoms with Gasteiger partial charge < -0.3 is 4.90 Å². The van der Waals surface area contributed by atoms with Gasteiger partial charge in [-0.05, 0) is 19.4 Å². The Bertz CT molecular complexity index is 312. The zero-order valence-electron chi connectivity index (χ0n) is 8.56. The minimum absolute atomic E-state index is 0.505. The summed E-state index contributed by atoms with van der Waals surface area (Å²) in [6.07, 6.45) is 4.08. The van der Waals surface area contributed by atoms with E-state index in [1.807, 2.05) is 18.7 Å². The summed E-state index contributed by atoms with van der Waals surface area (Å²) in [7, 11) is 0. The predicted molar refractivity (Wildman–Crippen MR) is 54.9 cm³/mol. The van der Waals surface area contributed by atoms with Crippen LogP contribution in [0.4, 0.5) is 5.95 Å². The van der Waals surface area contributed by atoms with Crippen molar-refractivity contribution in [3.63, 3.8) is 0 Å². The van der Waals surface area contributed by atoms with Gasteiger partial charge in [0.25, 0.3) is 0 Å². The van der Waals surface area contributed by atoms with E-state index >= 15 is 0 Å². The minimum atomic E-state index is 0.505. The van der Waals surface area contributed by atoms with E-state index in [1.165, 1.54) is 0 Å². The molecule has 0 bridgehead atoms.